The van der Waals surface area contributed by atoms with Crippen LogP contribution in [0.1, 0.15) is 13.8 Å². The molecule has 0 spiro atoms. The summed E-state index contributed by atoms with van der Waals surface area (Å²) in [6.45, 7) is 7.38. The number of nitrogens with zero attached hydrogens (tertiary/aromatic N) is 1. The number of nitrogens with one attached hydrogen (secondary N) is 1. The van der Waals surface area contributed by atoms with E-state index in [9.17, 15) is 0 Å². The van der Waals surface area contributed by atoms with Crippen LogP contribution in [0.3, 0.4) is 0 Å². The molecule has 0 aromatic rings. The van der Waals surface area contributed by atoms with Crippen LogP contribution in [0.25, 0.3) is 5.32 Å². The van der Waals surface area contributed by atoms with E-state index in [1.165, 1.54) is 0 Å². The molecule has 2 nitrogen and oxygen atoms in total. The van der Waals surface area contributed by atoms with Crippen LogP contribution in [0, 0.1) is 0 Å². The van der Waals surface area contributed by atoms with Crippen molar-refractivity contribution in [3.63, 3.8) is 0 Å². The van der Waals surface area contributed by atoms with Gasteiger partial charge in [0.2, 0.25) is 0 Å². The number of piperazine rings is 1. The molecule has 0 unspecified atom stereocenters. The van der Waals surface area contributed by atoms with Gasteiger partial charge in [0.1, 0.15) is 0 Å². The second-order valence-corrected chi connectivity index (χ2v) is 2.87. The van der Waals surface area contributed by atoms with Crippen molar-refractivity contribution in [1.82, 2.24) is 5.32 Å². The molecule has 0 atom stereocenters. The molecule has 1 aliphatic heterocycles. The van der Waals surface area contributed by atoms with E-state index < -0.39 is 0 Å². The fraction of sp³-hybridized carbons (Fsp3) is 1.00. The molecule has 3 heteroatoms. The summed E-state index contributed by atoms with van der Waals surface area (Å²) in [6.07, 6.45) is 0. The Morgan fingerprint density at radius 2 is 2.11 bits per heavy atom. The predicted octanol–water partition coefficient (Wildman–Crippen LogP) is -2.25. The first kappa shape index (κ1) is 10.6. The minimum atomic E-state index is 0. The Kier molecular flexibility index (Phi) is 5.20. The van der Waals surface area contributed by atoms with E-state index in [0.717, 1.165) is 19.6 Å². The molecule has 1 rings (SSSR count). The van der Waals surface area contributed by atoms with Gasteiger partial charge in [-0.3, -0.25) is 0 Å². The fourth-order valence-electron chi connectivity index (χ4n) is 0.888. The van der Waals surface area contributed by atoms with Crippen LogP contribution in [0.4, 0.5) is 0 Å². The van der Waals surface area contributed by atoms with Crippen LogP contribution in [-0.2, 0) is 0 Å². The van der Waals surface area contributed by atoms with Gasteiger partial charge in [0.15, 0.2) is 0 Å². The third kappa shape index (κ3) is 4.09. The Labute approximate surface area is 99.6 Å². The summed E-state index contributed by atoms with van der Waals surface area (Å²) in [7, 11) is 0. The van der Waals surface area contributed by atoms with E-state index in [4.69, 9.17) is 0 Å². The van der Waals surface area contributed by atoms with Gasteiger partial charge >= 0.3 is 51.4 Å². The van der Waals surface area contributed by atoms with Crippen molar-refractivity contribution in [2.45, 2.75) is 19.4 Å². The first-order valence-corrected chi connectivity index (χ1v) is 3.10. The Hall–Kier alpha value is 1.56. The first-order chi connectivity index (χ1) is 3.71. The van der Waals surface area contributed by atoms with Crippen molar-refractivity contribution in [3.05, 3.63) is 5.32 Å². The molecule has 1 aliphatic rings. The van der Waals surface area contributed by atoms with Crippen molar-refractivity contribution < 1.29 is 51.4 Å². The number of hydrogen-bond acceptors (Lipinski definition) is 1. The zero-order valence-electron chi connectivity index (χ0n) is 6.57. The third-order valence-electron chi connectivity index (χ3n) is 1.39. The Bertz CT molecular complexity index is 75.1. The quantitative estimate of drug-likeness (QED) is 0.390. The maximum Gasteiger partial charge on any atom is 1.00 e. The van der Waals surface area contributed by atoms with Crippen molar-refractivity contribution in [3.8, 4) is 0 Å². The summed E-state index contributed by atoms with van der Waals surface area (Å²) >= 11 is 0. The van der Waals surface area contributed by atoms with Crippen LogP contribution in [-0.4, -0.2) is 25.2 Å². The first-order valence-electron chi connectivity index (χ1n) is 3.10. The molecule has 0 aliphatic carbocycles. The molecule has 1 fully saturated rings. The number of rotatable bonds is 0. The van der Waals surface area contributed by atoms with E-state index in [2.05, 4.69) is 24.5 Å². The van der Waals surface area contributed by atoms with E-state index in [1.54, 1.807) is 0 Å². The predicted molar refractivity (Wildman–Crippen MR) is 35.2 cm³/mol. The van der Waals surface area contributed by atoms with Gasteiger partial charge in [-0.25, -0.2) is 0 Å². The molecule has 1 saturated heterocycles. The van der Waals surface area contributed by atoms with Gasteiger partial charge in [-0.2, -0.15) is 0 Å². The fourth-order valence-corrected chi connectivity index (χ4v) is 0.888. The maximum absolute atomic E-state index is 4.40. The average Bonchev–Trinajstić information content (AvgIpc) is 1.65. The molecule has 0 radical (unpaired) electrons. The molecule has 0 aromatic heterocycles. The maximum atomic E-state index is 4.40. The molecule has 0 bridgehead atoms. The van der Waals surface area contributed by atoms with Gasteiger partial charge in [-0.15, -0.1) is 12.1 Å². The van der Waals surface area contributed by atoms with Gasteiger partial charge < -0.3 is 10.6 Å². The number of hydrogen-bond donors (Lipinski definition) is 1. The molecular formula is C6H13KN2. The average molecular weight is 152 g/mol. The Morgan fingerprint density at radius 3 is 2.33 bits per heavy atom. The van der Waals surface area contributed by atoms with Crippen molar-refractivity contribution >= 4 is 0 Å². The van der Waals surface area contributed by atoms with Gasteiger partial charge in [0, 0.05) is 0 Å². The molecule has 1 N–H and O–H groups in total. The molecular weight excluding hydrogens is 139 g/mol. The molecule has 0 aromatic carbocycles. The second kappa shape index (κ2) is 4.44. The van der Waals surface area contributed by atoms with E-state index in [-0.39, 0.29) is 56.9 Å². The summed E-state index contributed by atoms with van der Waals surface area (Å²) in [5.41, 5.74) is 0.193. The molecule has 48 valence electrons. The minimum absolute atomic E-state index is 0. The van der Waals surface area contributed by atoms with E-state index in [0.29, 0.717) is 0 Å². The zero-order valence-corrected chi connectivity index (χ0v) is 9.69. The van der Waals surface area contributed by atoms with Crippen LogP contribution >= 0.6 is 0 Å². The minimum Gasteiger partial charge on any atom is -0.655 e. The van der Waals surface area contributed by atoms with E-state index >= 15 is 0 Å². The molecule has 9 heavy (non-hydrogen) atoms. The third-order valence-corrected chi connectivity index (χ3v) is 1.39. The largest absolute Gasteiger partial charge is 1.00 e. The zero-order chi connectivity index (χ0) is 6.04. The molecule has 0 saturated carbocycles. The smallest absolute Gasteiger partial charge is 0.655 e. The van der Waals surface area contributed by atoms with Crippen molar-refractivity contribution in [1.29, 1.82) is 0 Å². The normalized spacial score (nSPS) is 24.7. The van der Waals surface area contributed by atoms with Crippen LogP contribution < -0.4 is 56.7 Å². The standard InChI is InChI=1S/C6H13N2.K/c1-6(2)5-7-3-4-8-6;/h7H,3-5H2,1-2H3;/q-1;+1. The summed E-state index contributed by atoms with van der Waals surface area (Å²) in [4.78, 5) is 0. The Morgan fingerprint density at radius 1 is 1.44 bits per heavy atom. The SMILES string of the molecule is CC1(C)CNCC[N-]1.[K+]. The van der Waals surface area contributed by atoms with Gasteiger partial charge in [-0.1, -0.05) is 13.8 Å². The second-order valence-electron chi connectivity index (χ2n) is 2.87. The topological polar surface area (TPSA) is 26.1 Å². The monoisotopic (exact) mass is 152 g/mol. The summed E-state index contributed by atoms with van der Waals surface area (Å²) in [5, 5.41) is 7.68. The molecule has 0 amide bonds. The van der Waals surface area contributed by atoms with Crippen molar-refractivity contribution in [2.75, 3.05) is 19.6 Å². The summed E-state index contributed by atoms with van der Waals surface area (Å²) in [6, 6.07) is 0. The van der Waals surface area contributed by atoms with Crippen molar-refractivity contribution in [2.24, 2.45) is 0 Å². The van der Waals surface area contributed by atoms with Crippen LogP contribution in [0.2, 0.25) is 0 Å². The van der Waals surface area contributed by atoms with Crippen LogP contribution in [0.15, 0.2) is 0 Å². The van der Waals surface area contributed by atoms with E-state index in [1.807, 2.05) is 0 Å². The van der Waals surface area contributed by atoms with Gasteiger partial charge in [-0.05, 0) is 13.1 Å². The van der Waals surface area contributed by atoms with Gasteiger partial charge in [0.25, 0.3) is 0 Å². The van der Waals surface area contributed by atoms with Gasteiger partial charge in [0.05, 0.1) is 0 Å². The molecule has 1 heterocycles. The van der Waals surface area contributed by atoms with Crippen LogP contribution in [0.5, 0.6) is 0 Å². The Balaban J connectivity index is 0.000000640. The summed E-state index contributed by atoms with van der Waals surface area (Å²) in [5.74, 6) is 0. The summed E-state index contributed by atoms with van der Waals surface area (Å²) < 4.78 is 0.